The number of nitrogens with two attached hydrogens (primary N) is 2. The molecule has 7 heterocycles. The van der Waals surface area contributed by atoms with Gasteiger partial charge in [0.1, 0.15) is 48.5 Å². The number of aliphatic hydroxyl groups is 2. The fourth-order valence-electron chi connectivity index (χ4n) is 5.42. The van der Waals surface area contributed by atoms with Gasteiger partial charge in [-0.3, -0.25) is 36.6 Å². The molecule has 8 N–H and O–H groups in total. The topological polar surface area (TPSA) is 319 Å². The van der Waals surface area contributed by atoms with Crippen molar-refractivity contribution in [2.45, 2.75) is 49.1 Å². The molecule has 3 aliphatic heterocycles. The van der Waals surface area contributed by atoms with E-state index in [1.54, 1.807) is 0 Å². The highest BCUT2D eigenvalue weighted by Gasteiger charge is 2.54. The zero-order valence-electron chi connectivity index (χ0n) is 23.4. The van der Waals surface area contributed by atoms with Gasteiger partial charge in [-0.2, -0.15) is 4.98 Å². The second kappa shape index (κ2) is 11.1. The number of anilines is 2. The lowest BCUT2D eigenvalue weighted by Crippen LogP contribution is -2.36. The number of phosphoric acid groups is 2. The summed E-state index contributed by atoms with van der Waals surface area (Å²) in [6, 6.07) is 0. The van der Waals surface area contributed by atoms with Gasteiger partial charge in [-0.25, -0.2) is 29.1 Å². The van der Waals surface area contributed by atoms with Gasteiger partial charge in [-0.05, 0) is 0 Å². The molecule has 0 amide bonds. The molecular formula is C21H26N10O13P2. The number of hydrogen-bond donors (Lipinski definition) is 6. The number of aromatic nitrogens is 8. The first-order valence-corrected chi connectivity index (χ1v) is 16.3. The van der Waals surface area contributed by atoms with Gasteiger partial charge in [0.05, 0.1) is 25.9 Å². The Balaban J connectivity index is 1.21. The number of nitrogens with zero attached hydrogens (tertiary/aromatic N) is 8. The standard InChI is InChI=1S/C21H26N10O13P2/c1-29-18(34)10-17(28-21(29)23)31(6-27-10)20-14-11(32)7(41-20)2-39-45(35,36)43-13-8(3-40-46(37,38)44-14)42-19(12(13)33)30-5-26-9-15(22)24-4-25-16(9)30/h4-8,11-14,19-20,32-33H,2-3H2,1H3,(H2,23,28)(H,35,36)(H,37,38)(H2,22,24,25)/t7-,8-,11-,12-,13-,14-,19-,20-/m1/s1. The number of ether oxygens (including phenoxy) is 2. The normalized spacial score (nSPS) is 37.2. The molecule has 0 radical (unpaired) electrons. The Bertz CT molecular complexity index is 1990. The predicted molar refractivity (Wildman–Crippen MR) is 148 cm³/mol. The Morgan fingerprint density at radius 2 is 1.43 bits per heavy atom. The highest BCUT2D eigenvalue weighted by atomic mass is 31.2. The summed E-state index contributed by atoms with van der Waals surface area (Å²) in [6.45, 7) is -1.65. The number of rotatable bonds is 2. The molecule has 3 aliphatic rings. The van der Waals surface area contributed by atoms with Crippen LogP contribution in [0.5, 0.6) is 0 Å². The SMILES string of the molecule is Cn1c(N)nc2c(ncn2[C@@H]2O[C@@H]3COP(=O)(O)O[C@H]4[C@@H](O)[C@H](n5cnc6c(N)ncnc65)O[C@@H]4COP(=O)(O)O[C@@H]2[C@@H]3O)c1=O. The molecule has 2 bridgehead atoms. The van der Waals surface area contributed by atoms with Gasteiger partial charge in [0, 0.05) is 7.05 Å². The summed E-state index contributed by atoms with van der Waals surface area (Å²) in [5, 5.41) is 22.2. The summed E-state index contributed by atoms with van der Waals surface area (Å²) in [5.74, 6) is -0.161. The fraction of sp³-hybridized carbons (Fsp3) is 0.524. The zero-order valence-corrected chi connectivity index (χ0v) is 25.1. The molecule has 46 heavy (non-hydrogen) atoms. The molecule has 2 unspecified atom stereocenters. The smallest absolute Gasteiger partial charge is 0.387 e. The van der Waals surface area contributed by atoms with Crippen molar-refractivity contribution in [3.8, 4) is 0 Å². The van der Waals surface area contributed by atoms with E-state index < -0.39 is 83.5 Å². The highest BCUT2D eigenvalue weighted by molar-refractivity contribution is 7.47. The maximum absolute atomic E-state index is 13.2. The summed E-state index contributed by atoms with van der Waals surface area (Å²) in [5.41, 5.74) is 11.1. The van der Waals surface area contributed by atoms with E-state index in [2.05, 4.69) is 24.9 Å². The van der Waals surface area contributed by atoms with E-state index in [0.29, 0.717) is 0 Å². The lowest BCUT2D eigenvalue weighted by atomic mass is 10.1. The van der Waals surface area contributed by atoms with Gasteiger partial charge in [-0.1, -0.05) is 0 Å². The molecule has 0 aliphatic carbocycles. The van der Waals surface area contributed by atoms with Crippen LogP contribution in [0.25, 0.3) is 22.3 Å². The van der Waals surface area contributed by atoms with Crippen LogP contribution in [0.2, 0.25) is 0 Å². The Morgan fingerprint density at radius 1 is 0.826 bits per heavy atom. The molecule has 248 valence electrons. The third kappa shape index (κ3) is 5.19. The van der Waals surface area contributed by atoms with E-state index in [4.69, 9.17) is 39.0 Å². The number of fused-ring (bicyclic) bond motifs is 5. The molecule has 4 aromatic heterocycles. The molecule has 4 aromatic rings. The van der Waals surface area contributed by atoms with Gasteiger partial charge in [0.15, 0.2) is 35.1 Å². The number of nitrogen functional groups attached to an aromatic ring is 2. The van der Waals surface area contributed by atoms with Crippen molar-refractivity contribution in [1.29, 1.82) is 0 Å². The van der Waals surface area contributed by atoms with Crippen molar-refractivity contribution in [2.75, 3.05) is 24.7 Å². The molecule has 10 atom stereocenters. The maximum atomic E-state index is 13.2. The first kappa shape index (κ1) is 31.2. The van der Waals surface area contributed by atoms with Crippen LogP contribution in [0.3, 0.4) is 0 Å². The largest absolute Gasteiger partial charge is 0.472 e. The Morgan fingerprint density at radius 3 is 2.15 bits per heavy atom. The first-order chi connectivity index (χ1) is 21.7. The summed E-state index contributed by atoms with van der Waals surface area (Å²) >= 11 is 0. The average molecular weight is 688 g/mol. The van der Waals surface area contributed by atoms with Crippen molar-refractivity contribution >= 4 is 49.7 Å². The number of hydrogen-bond acceptors (Lipinski definition) is 18. The summed E-state index contributed by atoms with van der Waals surface area (Å²) < 4.78 is 62.3. The minimum atomic E-state index is -5.12. The van der Waals surface area contributed by atoms with Crippen LogP contribution in [0.15, 0.2) is 23.8 Å². The lowest BCUT2D eigenvalue weighted by Gasteiger charge is -2.25. The predicted octanol–water partition coefficient (Wildman–Crippen LogP) is -2.33. The second-order valence-corrected chi connectivity index (χ2v) is 13.3. The van der Waals surface area contributed by atoms with Gasteiger partial charge < -0.3 is 40.9 Å². The van der Waals surface area contributed by atoms with Crippen molar-refractivity contribution in [3.63, 3.8) is 0 Å². The monoisotopic (exact) mass is 688 g/mol. The third-order valence-corrected chi connectivity index (χ3v) is 9.68. The Hall–Kier alpha value is -3.44. The van der Waals surface area contributed by atoms with E-state index >= 15 is 0 Å². The van der Waals surface area contributed by atoms with Crippen LogP contribution < -0.4 is 17.0 Å². The van der Waals surface area contributed by atoms with E-state index in [9.17, 15) is 33.9 Å². The Labute approximate surface area is 255 Å². The maximum Gasteiger partial charge on any atom is 0.472 e. The van der Waals surface area contributed by atoms with Gasteiger partial charge in [0.25, 0.3) is 5.56 Å². The number of phosphoric ester groups is 2. The number of imidazole rings is 2. The second-order valence-electron chi connectivity index (χ2n) is 10.5. The zero-order chi connectivity index (χ0) is 32.7. The Kier molecular flexibility index (Phi) is 7.51. The van der Waals surface area contributed by atoms with E-state index in [1.807, 2.05) is 0 Å². The van der Waals surface area contributed by atoms with Gasteiger partial charge >= 0.3 is 15.6 Å². The van der Waals surface area contributed by atoms with Crippen molar-refractivity contribution < 1.29 is 56.7 Å². The summed E-state index contributed by atoms with van der Waals surface area (Å²) in [7, 11) is -8.82. The minimum Gasteiger partial charge on any atom is -0.387 e. The molecule has 23 nitrogen and oxygen atoms in total. The number of aliphatic hydroxyl groups excluding tert-OH is 2. The van der Waals surface area contributed by atoms with Crippen LogP contribution in [0.1, 0.15) is 12.5 Å². The molecular weight excluding hydrogens is 662 g/mol. The van der Waals surface area contributed by atoms with E-state index in [0.717, 1.165) is 21.8 Å². The van der Waals surface area contributed by atoms with Gasteiger partial charge in [0.2, 0.25) is 5.95 Å². The third-order valence-electron chi connectivity index (χ3n) is 7.71. The van der Waals surface area contributed by atoms with Crippen LogP contribution in [-0.4, -0.2) is 108 Å². The quantitative estimate of drug-likeness (QED) is 0.120. The van der Waals surface area contributed by atoms with Crippen LogP contribution >= 0.6 is 15.6 Å². The molecule has 0 saturated carbocycles. The van der Waals surface area contributed by atoms with E-state index in [1.165, 1.54) is 17.9 Å². The van der Waals surface area contributed by atoms with Crippen LogP contribution in [0, 0.1) is 0 Å². The van der Waals surface area contributed by atoms with E-state index in [-0.39, 0.29) is 34.1 Å². The molecule has 7 rings (SSSR count). The fourth-order valence-corrected chi connectivity index (χ4v) is 7.31. The summed E-state index contributed by atoms with van der Waals surface area (Å²) in [6.07, 6.45) is -9.19. The molecule has 0 spiro atoms. The first-order valence-electron chi connectivity index (χ1n) is 13.4. The van der Waals surface area contributed by atoms with Crippen LogP contribution in [-0.2, 0) is 43.7 Å². The van der Waals surface area contributed by atoms with Crippen molar-refractivity contribution in [1.82, 2.24) is 38.6 Å². The van der Waals surface area contributed by atoms with Crippen molar-refractivity contribution in [3.05, 3.63) is 29.3 Å². The minimum absolute atomic E-state index is 0.0350. The highest BCUT2D eigenvalue weighted by Crippen LogP contribution is 2.53. The average Bonchev–Trinajstić information content (AvgIpc) is 3.75. The summed E-state index contributed by atoms with van der Waals surface area (Å²) in [4.78, 5) is 54.1. The molecule has 3 fully saturated rings. The van der Waals surface area contributed by atoms with Crippen molar-refractivity contribution in [2.24, 2.45) is 7.05 Å². The lowest BCUT2D eigenvalue weighted by molar-refractivity contribution is -0.0672. The van der Waals surface area contributed by atoms with Gasteiger partial charge in [-0.15, -0.1) is 0 Å². The molecule has 3 saturated heterocycles. The van der Waals surface area contributed by atoms with Crippen LogP contribution in [0.4, 0.5) is 11.8 Å². The molecule has 0 aromatic carbocycles. The molecule has 25 heteroatoms.